The molecule has 16 heavy (non-hydrogen) atoms. The third kappa shape index (κ3) is 3.30. The zero-order valence-electron chi connectivity index (χ0n) is 10.3. The van der Waals surface area contributed by atoms with E-state index in [0.717, 1.165) is 6.54 Å². The summed E-state index contributed by atoms with van der Waals surface area (Å²) in [7, 11) is 2.23. The maximum Gasteiger partial charge on any atom is 0.0218 e. The quantitative estimate of drug-likeness (QED) is 0.871. The highest BCUT2D eigenvalue weighted by molar-refractivity contribution is 7.08. The molecule has 0 aliphatic carbocycles. The van der Waals surface area contributed by atoms with Gasteiger partial charge in [-0.1, -0.05) is 0 Å². The number of likely N-dealkylation sites (tertiary alicyclic amines) is 1. The van der Waals surface area contributed by atoms with Crippen molar-refractivity contribution >= 4 is 11.3 Å². The van der Waals surface area contributed by atoms with Gasteiger partial charge < -0.3 is 10.2 Å². The smallest absolute Gasteiger partial charge is 0.0218 e. The Balaban J connectivity index is 1.79. The molecule has 90 valence electrons. The van der Waals surface area contributed by atoms with Gasteiger partial charge in [0.15, 0.2) is 0 Å². The summed E-state index contributed by atoms with van der Waals surface area (Å²) in [5.41, 5.74) is 2.91. The summed E-state index contributed by atoms with van der Waals surface area (Å²) in [4.78, 5) is 2.44. The first-order chi connectivity index (χ1) is 7.75. The molecule has 1 fully saturated rings. The second-order valence-corrected chi connectivity index (χ2v) is 5.64. The van der Waals surface area contributed by atoms with Crippen molar-refractivity contribution < 1.29 is 0 Å². The first-order valence-corrected chi connectivity index (χ1v) is 7.13. The molecule has 0 saturated carbocycles. The van der Waals surface area contributed by atoms with E-state index >= 15 is 0 Å². The fraction of sp³-hybridized carbons (Fsp3) is 0.692. The number of hydrogen-bond acceptors (Lipinski definition) is 3. The summed E-state index contributed by atoms with van der Waals surface area (Å²) < 4.78 is 0. The van der Waals surface area contributed by atoms with Crippen LogP contribution in [0.5, 0.6) is 0 Å². The number of nitrogens with one attached hydrogen (secondary N) is 1. The van der Waals surface area contributed by atoms with Crippen molar-refractivity contribution in [2.75, 3.05) is 20.1 Å². The largest absolute Gasteiger partial charge is 0.310 e. The van der Waals surface area contributed by atoms with Gasteiger partial charge in [0.25, 0.3) is 0 Å². The predicted molar refractivity (Wildman–Crippen MR) is 71.0 cm³/mol. The summed E-state index contributed by atoms with van der Waals surface area (Å²) in [5.74, 6) is 0. The van der Waals surface area contributed by atoms with Gasteiger partial charge in [-0.3, -0.25) is 0 Å². The molecule has 2 nitrogen and oxygen atoms in total. The SMILES string of the molecule is Cc1cscc1CNC1CCCN(C)CC1. The van der Waals surface area contributed by atoms with Gasteiger partial charge in [0.05, 0.1) is 0 Å². The highest BCUT2D eigenvalue weighted by Gasteiger charge is 2.14. The van der Waals surface area contributed by atoms with E-state index in [0.29, 0.717) is 6.04 Å². The average molecular weight is 238 g/mol. The topological polar surface area (TPSA) is 15.3 Å². The zero-order valence-corrected chi connectivity index (χ0v) is 11.1. The van der Waals surface area contributed by atoms with Crippen molar-refractivity contribution in [3.63, 3.8) is 0 Å². The summed E-state index contributed by atoms with van der Waals surface area (Å²) in [6.45, 7) is 5.74. The zero-order chi connectivity index (χ0) is 11.4. The first-order valence-electron chi connectivity index (χ1n) is 6.19. The summed E-state index contributed by atoms with van der Waals surface area (Å²) >= 11 is 1.81. The molecule has 1 unspecified atom stereocenters. The molecule has 0 amide bonds. The van der Waals surface area contributed by atoms with Gasteiger partial charge >= 0.3 is 0 Å². The second-order valence-electron chi connectivity index (χ2n) is 4.89. The van der Waals surface area contributed by atoms with Crippen LogP contribution < -0.4 is 5.32 Å². The van der Waals surface area contributed by atoms with Crippen LogP contribution in [0.2, 0.25) is 0 Å². The maximum atomic E-state index is 3.71. The average Bonchev–Trinajstić information content (AvgIpc) is 2.55. The number of aryl methyl sites for hydroxylation is 1. The van der Waals surface area contributed by atoms with Crippen LogP contribution in [-0.4, -0.2) is 31.1 Å². The Morgan fingerprint density at radius 1 is 1.38 bits per heavy atom. The van der Waals surface area contributed by atoms with E-state index in [1.54, 1.807) is 0 Å². The standard InChI is InChI=1S/C13H22N2S/c1-11-9-16-10-12(11)8-14-13-4-3-6-15(2)7-5-13/h9-10,13-14H,3-8H2,1-2H3. The molecular weight excluding hydrogens is 216 g/mol. The molecule has 1 aromatic heterocycles. The van der Waals surface area contributed by atoms with Crippen LogP contribution in [0.15, 0.2) is 10.8 Å². The highest BCUT2D eigenvalue weighted by Crippen LogP contribution is 2.15. The van der Waals surface area contributed by atoms with Crippen molar-refractivity contribution in [1.82, 2.24) is 10.2 Å². The van der Waals surface area contributed by atoms with Gasteiger partial charge in [0, 0.05) is 12.6 Å². The minimum atomic E-state index is 0.712. The third-order valence-electron chi connectivity index (χ3n) is 3.49. The second kappa shape index (κ2) is 5.80. The third-order valence-corrected chi connectivity index (χ3v) is 4.40. The van der Waals surface area contributed by atoms with Crippen LogP contribution in [0, 0.1) is 6.92 Å². The first kappa shape index (κ1) is 12.1. The molecular formula is C13H22N2S. The van der Waals surface area contributed by atoms with E-state index in [2.05, 4.69) is 34.9 Å². The van der Waals surface area contributed by atoms with Gasteiger partial charge in [-0.2, -0.15) is 11.3 Å². The number of hydrogen-bond donors (Lipinski definition) is 1. The Morgan fingerprint density at radius 2 is 2.25 bits per heavy atom. The summed E-state index contributed by atoms with van der Waals surface area (Å²) in [5, 5.41) is 8.21. The summed E-state index contributed by atoms with van der Waals surface area (Å²) in [6.07, 6.45) is 3.95. The van der Waals surface area contributed by atoms with Gasteiger partial charge in [-0.05, 0) is 68.2 Å². The van der Waals surface area contributed by atoms with E-state index in [-0.39, 0.29) is 0 Å². The Morgan fingerprint density at radius 3 is 3.00 bits per heavy atom. The molecule has 1 aliphatic heterocycles. The van der Waals surface area contributed by atoms with Crippen LogP contribution in [0.4, 0.5) is 0 Å². The fourth-order valence-corrected chi connectivity index (χ4v) is 3.12. The van der Waals surface area contributed by atoms with Crippen LogP contribution in [0.1, 0.15) is 30.4 Å². The number of thiophene rings is 1. The Kier molecular flexibility index (Phi) is 4.38. The molecule has 1 saturated heterocycles. The molecule has 0 radical (unpaired) electrons. The lowest BCUT2D eigenvalue weighted by Gasteiger charge is -2.16. The van der Waals surface area contributed by atoms with Crippen molar-refractivity contribution in [2.45, 2.75) is 38.8 Å². The van der Waals surface area contributed by atoms with E-state index in [1.165, 1.54) is 43.5 Å². The van der Waals surface area contributed by atoms with E-state index in [1.807, 2.05) is 11.3 Å². The van der Waals surface area contributed by atoms with Gasteiger partial charge in [-0.15, -0.1) is 0 Å². The molecule has 1 aliphatic rings. The van der Waals surface area contributed by atoms with Gasteiger partial charge in [0.1, 0.15) is 0 Å². The highest BCUT2D eigenvalue weighted by atomic mass is 32.1. The Hall–Kier alpha value is -0.380. The fourth-order valence-electron chi connectivity index (χ4n) is 2.27. The lowest BCUT2D eigenvalue weighted by Crippen LogP contribution is -2.29. The lowest BCUT2D eigenvalue weighted by molar-refractivity contribution is 0.343. The Bertz CT molecular complexity index is 321. The Labute approximate surface area is 103 Å². The number of nitrogens with zero attached hydrogens (tertiary/aromatic N) is 1. The number of rotatable bonds is 3. The van der Waals surface area contributed by atoms with Crippen molar-refractivity contribution in [3.8, 4) is 0 Å². The monoisotopic (exact) mass is 238 g/mol. The molecule has 0 aromatic carbocycles. The lowest BCUT2D eigenvalue weighted by atomic mass is 10.1. The molecule has 1 aromatic rings. The molecule has 1 N–H and O–H groups in total. The van der Waals surface area contributed by atoms with Crippen LogP contribution in [0.3, 0.4) is 0 Å². The van der Waals surface area contributed by atoms with E-state index < -0.39 is 0 Å². The van der Waals surface area contributed by atoms with E-state index in [4.69, 9.17) is 0 Å². The predicted octanol–water partition coefficient (Wildman–Crippen LogP) is 2.63. The molecule has 3 heteroatoms. The molecule has 0 bridgehead atoms. The molecule has 2 heterocycles. The molecule has 2 rings (SSSR count). The normalized spacial score (nSPS) is 23.2. The minimum Gasteiger partial charge on any atom is -0.310 e. The molecule has 0 spiro atoms. The van der Waals surface area contributed by atoms with Crippen molar-refractivity contribution in [3.05, 3.63) is 21.9 Å². The minimum absolute atomic E-state index is 0.712. The van der Waals surface area contributed by atoms with Crippen molar-refractivity contribution in [2.24, 2.45) is 0 Å². The van der Waals surface area contributed by atoms with Crippen LogP contribution >= 0.6 is 11.3 Å². The van der Waals surface area contributed by atoms with Crippen molar-refractivity contribution in [1.29, 1.82) is 0 Å². The maximum absolute atomic E-state index is 3.71. The van der Waals surface area contributed by atoms with Gasteiger partial charge in [0.2, 0.25) is 0 Å². The summed E-state index contributed by atoms with van der Waals surface area (Å²) in [6, 6.07) is 0.712. The van der Waals surface area contributed by atoms with E-state index in [9.17, 15) is 0 Å². The molecule has 1 atom stereocenters. The van der Waals surface area contributed by atoms with Crippen LogP contribution in [-0.2, 0) is 6.54 Å². The van der Waals surface area contributed by atoms with Gasteiger partial charge in [-0.25, -0.2) is 0 Å². The van der Waals surface area contributed by atoms with Crippen LogP contribution in [0.25, 0.3) is 0 Å².